The van der Waals surface area contributed by atoms with E-state index in [1.54, 1.807) is 36.4 Å². The number of carbonyl (C=O) groups is 2. The minimum atomic E-state index is -4.63. The largest absolute Gasteiger partial charge is 0.464 e. The summed E-state index contributed by atoms with van der Waals surface area (Å²) in [6.45, 7) is 0. The normalized spacial score (nSPS) is 11.2. The van der Waals surface area contributed by atoms with Crippen molar-refractivity contribution < 1.29 is 32.2 Å². The Bertz CT molecular complexity index is 1470. The predicted molar refractivity (Wildman–Crippen MR) is 133 cm³/mol. The number of aromatic amines is 1. The summed E-state index contributed by atoms with van der Waals surface area (Å²) < 4.78 is 49.7. The SMILES string of the molecule is COC(=O)c1cnc(-c2cc(Oc3cccc(CCC(=O)Nc4ccc(Cl)c(C(F)(F)F)c4)c3)ccn2)[nH]1. The zero-order valence-electron chi connectivity index (χ0n) is 19.8. The number of imidazole rings is 1. The van der Waals surface area contributed by atoms with Crippen molar-refractivity contribution in [1.29, 1.82) is 0 Å². The van der Waals surface area contributed by atoms with Crippen LogP contribution in [0.4, 0.5) is 18.9 Å². The molecule has 0 aliphatic heterocycles. The predicted octanol–water partition coefficient (Wildman–Crippen LogP) is 6.29. The summed E-state index contributed by atoms with van der Waals surface area (Å²) in [7, 11) is 1.27. The van der Waals surface area contributed by atoms with E-state index in [0.717, 1.165) is 17.7 Å². The number of hydrogen-bond donors (Lipinski definition) is 2. The maximum absolute atomic E-state index is 13.0. The van der Waals surface area contributed by atoms with E-state index < -0.39 is 28.6 Å². The quantitative estimate of drug-likeness (QED) is 0.252. The number of amides is 1. The summed E-state index contributed by atoms with van der Waals surface area (Å²) in [5, 5.41) is 2.03. The highest BCUT2D eigenvalue weighted by molar-refractivity contribution is 6.31. The molecular weight excluding hydrogens is 525 g/mol. The molecule has 8 nitrogen and oxygen atoms in total. The van der Waals surface area contributed by atoms with Crippen LogP contribution < -0.4 is 10.1 Å². The van der Waals surface area contributed by atoms with Crippen molar-refractivity contribution in [1.82, 2.24) is 15.0 Å². The number of aryl methyl sites for hydroxylation is 1. The number of esters is 1. The number of methoxy groups -OCH3 is 1. The Morgan fingerprint density at radius 2 is 1.84 bits per heavy atom. The minimum absolute atomic E-state index is 0.00700. The number of nitrogens with zero attached hydrogens (tertiary/aromatic N) is 2. The van der Waals surface area contributed by atoms with Gasteiger partial charge in [0.05, 0.1) is 23.9 Å². The number of rotatable bonds is 8. The van der Waals surface area contributed by atoms with E-state index in [1.807, 2.05) is 0 Å². The van der Waals surface area contributed by atoms with Gasteiger partial charge in [-0.15, -0.1) is 0 Å². The fourth-order valence-electron chi connectivity index (χ4n) is 3.47. The van der Waals surface area contributed by atoms with Crippen molar-refractivity contribution in [3.8, 4) is 23.0 Å². The van der Waals surface area contributed by atoms with Gasteiger partial charge in [0.25, 0.3) is 0 Å². The van der Waals surface area contributed by atoms with Crippen molar-refractivity contribution in [2.45, 2.75) is 19.0 Å². The molecule has 0 atom stereocenters. The highest BCUT2D eigenvalue weighted by atomic mass is 35.5. The summed E-state index contributed by atoms with van der Waals surface area (Å²) in [6.07, 6.45) is -1.39. The summed E-state index contributed by atoms with van der Waals surface area (Å²) in [5.74, 6) is 0.321. The smallest absolute Gasteiger partial charge is 0.417 e. The maximum atomic E-state index is 13.0. The third-order valence-electron chi connectivity index (χ3n) is 5.29. The molecule has 12 heteroatoms. The molecule has 0 aliphatic rings. The zero-order chi connectivity index (χ0) is 27.3. The molecule has 2 aromatic heterocycles. The van der Waals surface area contributed by atoms with E-state index in [1.165, 1.54) is 25.6 Å². The molecule has 0 saturated carbocycles. The lowest BCUT2D eigenvalue weighted by molar-refractivity contribution is -0.137. The van der Waals surface area contributed by atoms with Crippen molar-refractivity contribution >= 4 is 29.2 Å². The Kier molecular flexibility index (Phi) is 7.96. The molecule has 196 valence electrons. The maximum Gasteiger partial charge on any atom is 0.417 e. The lowest BCUT2D eigenvalue weighted by atomic mass is 10.1. The molecule has 0 spiro atoms. The second-order valence-electron chi connectivity index (χ2n) is 8.00. The van der Waals surface area contributed by atoms with E-state index in [2.05, 4.69) is 25.0 Å². The molecule has 38 heavy (non-hydrogen) atoms. The van der Waals surface area contributed by atoms with E-state index in [0.29, 0.717) is 29.4 Å². The number of pyridine rings is 1. The first-order chi connectivity index (χ1) is 18.1. The fourth-order valence-corrected chi connectivity index (χ4v) is 3.70. The Labute approximate surface area is 219 Å². The number of alkyl halides is 3. The van der Waals surface area contributed by atoms with Gasteiger partial charge >= 0.3 is 12.1 Å². The van der Waals surface area contributed by atoms with Crippen LogP contribution in [0.25, 0.3) is 11.5 Å². The number of aromatic nitrogens is 3. The average molecular weight is 545 g/mol. The standard InChI is InChI=1S/C26H20ClF3N4O4/c1-37-25(36)22-14-32-24(34-22)21-13-18(9-10-31-21)38-17-4-2-3-15(11-17)5-8-23(35)33-16-6-7-20(27)19(12-16)26(28,29)30/h2-4,6-7,9-14H,5,8H2,1H3,(H,32,34)(H,33,35). The van der Waals surface area contributed by atoms with Gasteiger partial charge in [0.1, 0.15) is 22.9 Å². The molecule has 2 N–H and O–H groups in total. The molecule has 0 fully saturated rings. The molecule has 4 aromatic rings. The average Bonchev–Trinajstić information content (AvgIpc) is 3.38. The monoisotopic (exact) mass is 544 g/mol. The van der Waals surface area contributed by atoms with Gasteiger partial charge in [0.2, 0.25) is 5.91 Å². The lowest BCUT2D eigenvalue weighted by Gasteiger charge is -2.12. The van der Waals surface area contributed by atoms with Crippen LogP contribution in [0.2, 0.25) is 5.02 Å². The summed E-state index contributed by atoms with van der Waals surface area (Å²) in [4.78, 5) is 35.2. The molecule has 0 aliphatic carbocycles. The Morgan fingerprint density at radius 3 is 2.61 bits per heavy atom. The van der Waals surface area contributed by atoms with Gasteiger partial charge in [-0.25, -0.2) is 9.78 Å². The highest BCUT2D eigenvalue weighted by Gasteiger charge is 2.33. The van der Waals surface area contributed by atoms with Crippen LogP contribution in [0.5, 0.6) is 11.5 Å². The molecular formula is C26H20ClF3N4O4. The molecule has 0 unspecified atom stereocenters. The van der Waals surface area contributed by atoms with Gasteiger partial charge in [0, 0.05) is 24.4 Å². The molecule has 2 heterocycles. The Balaban J connectivity index is 1.38. The third kappa shape index (κ3) is 6.68. The van der Waals surface area contributed by atoms with Crippen LogP contribution in [-0.4, -0.2) is 33.9 Å². The third-order valence-corrected chi connectivity index (χ3v) is 5.62. The second kappa shape index (κ2) is 11.3. The first-order valence-corrected chi connectivity index (χ1v) is 11.5. The summed E-state index contributed by atoms with van der Waals surface area (Å²) in [5.41, 5.74) is 0.406. The molecule has 0 bridgehead atoms. The van der Waals surface area contributed by atoms with Crippen molar-refractivity contribution in [3.63, 3.8) is 0 Å². The first kappa shape index (κ1) is 26.7. The number of hydrogen-bond acceptors (Lipinski definition) is 6. The van der Waals surface area contributed by atoms with Crippen LogP contribution in [0.1, 0.15) is 28.0 Å². The minimum Gasteiger partial charge on any atom is -0.464 e. The molecule has 0 radical (unpaired) electrons. The molecule has 4 rings (SSSR count). The second-order valence-corrected chi connectivity index (χ2v) is 8.41. The van der Waals surface area contributed by atoms with Gasteiger partial charge in [-0.05, 0) is 48.4 Å². The van der Waals surface area contributed by atoms with Gasteiger partial charge < -0.3 is 19.8 Å². The first-order valence-electron chi connectivity index (χ1n) is 11.2. The molecule has 0 saturated heterocycles. The van der Waals surface area contributed by atoms with Crippen LogP contribution in [0.15, 0.2) is 67.0 Å². The van der Waals surface area contributed by atoms with Crippen LogP contribution in [0.3, 0.4) is 0 Å². The van der Waals surface area contributed by atoms with Crippen molar-refractivity contribution in [2.24, 2.45) is 0 Å². The number of nitrogens with one attached hydrogen (secondary N) is 2. The van der Waals surface area contributed by atoms with Gasteiger partial charge in [-0.3, -0.25) is 9.78 Å². The summed E-state index contributed by atoms with van der Waals surface area (Å²) in [6, 6.07) is 13.5. The van der Waals surface area contributed by atoms with Gasteiger partial charge in [-0.2, -0.15) is 13.2 Å². The van der Waals surface area contributed by atoms with Gasteiger partial charge in [-0.1, -0.05) is 23.7 Å². The zero-order valence-corrected chi connectivity index (χ0v) is 20.6. The van der Waals surface area contributed by atoms with E-state index >= 15 is 0 Å². The lowest BCUT2D eigenvalue weighted by Crippen LogP contribution is -2.14. The number of H-pyrrole nitrogens is 1. The molecule has 1 amide bonds. The number of ether oxygens (including phenoxy) is 2. The van der Waals surface area contributed by atoms with Gasteiger partial charge in [0.15, 0.2) is 5.82 Å². The van der Waals surface area contributed by atoms with Crippen molar-refractivity contribution in [2.75, 3.05) is 12.4 Å². The Morgan fingerprint density at radius 1 is 1.05 bits per heavy atom. The number of carbonyl (C=O) groups excluding carboxylic acids is 2. The number of benzene rings is 2. The number of halogens is 4. The van der Waals surface area contributed by atoms with E-state index in [9.17, 15) is 22.8 Å². The molecule has 2 aromatic carbocycles. The van der Waals surface area contributed by atoms with E-state index in [-0.39, 0.29) is 17.8 Å². The highest BCUT2D eigenvalue weighted by Crippen LogP contribution is 2.36. The Hall–Kier alpha value is -4.38. The van der Waals surface area contributed by atoms with Crippen LogP contribution in [-0.2, 0) is 22.1 Å². The topological polar surface area (TPSA) is 106 Å². The number of anilines is 1. The van der Waals surface area contributed by atoms with E-state index in [4.69, 9.17) is 16.3 Å². The van der Waals surface area contributed by atoms with Crippen LogP contribution in [0, 0.1) is 0 Å². The summed E-state index contributed by atoms with van der Waals surface area (Å²) >= 11 is 5.62. The fraction of sp³-hybridized carbons (Fsp3) is 0.154. The van der Waals surface area contributed by atoms with Crippen LogP contribution >= 0.6 is 11.6 Å². The van der Waals surface area contributed by atoms with Crippen molar-refractivity contribution in [3.05, 3.63) is 88.8 Å².